The summed E-state index contributed by atoms with van der Waals surface area (Å²) < 4.78 is 42.0. The summed E-state index contributed by atoms with van der Waals surface area (Å²) in [5.74, 6) is -1.40. The molecule has 0 fully saturated rings. The van der Waals surface area contributed by atoms with E-state index < -0.39 is 21.9 Å². The van der Waals surface area contributed by atoms with Gasteiger partial charge in [0.25, 0.3) is 5.91 Å². The number of halogens is 1. The highest BCUT2D eigenvalue weighted by atomic mass is 32.2. The smallest absolute Gasteiger partial charge is 0.268 e. The fraction of sp³-hybridized carbons (Fsp3) is 0.235. The number of rotatable bonds is 3. The van der Waals surface area contributed by atoms with Crippen LogP contribution in [0.5, 0.6) is 0 Å². The third-order valence-corrected chi connectivity index (χ3v) is 5.42. The van der Waals surface area contributed by atoms with Crippen molar-refractivity contribution >= 4 is 21.8 Å². The molecule has 5 nitrogen and oxygen atoms in total. The number of amides is 1. The maximum atomic E-state index is 13.6. The van der Waals surface area contributed by atoms with Crippen LogP contribution in [0.4, 0.5) is 10.1 Å². The number of benzene rings is 2. The third kappa shape index (κ3) is 3.12. The first-order valence-corrected chi connectivity index (χ1v) is 9.01. The van der Waals surface area contributed by atoms with Crippen molar-refractivity contribution in [1.29, 1.82) is 0 Å². The molecule has 24 heavy (non-hydrogen) atoms. The Kier molecular flexibility index (Phi) is 4.28. The lowest BCUT2D eigenvalue weighted by Crippen LogP contribution is -2.45. The Morgan fingerprint density at radius 3 is 2.71 bits per heavy atom. The fourth-order valence-electron chi connectivity index (χ4n) is 2.71. The number of carbonyl (C=O) groups is 1. The van der Waals surface area contributed by atoms with E-state index in [9.17, 15) is 17.6 Å². The molecule has 3 rings (SSSR count). The Labute approximate surface area is 140 Å². The van der Waals surface area contributed by atoms with E-state index in [1.807, 2.05) is 16.9 Å². The molecule has 0 spiro atoms. The number of para-hydroxylation sites is 1. The maximum absolute atomic E-state index is 13.6. The van der Waals surface area contributed by atoms with Gasteiger partial charge in [0, 0.05) is 12.1 Å². The molecule has 0 saturated heterocycles. The Morgan fingerprint density at radius 2 is 1.96 bits per heavy atom. The van der Waals surface area contributed by atoms with Gasteiger partial charge in [0.15, 0.2) is 0 Å². The molecular weight excluding hydrogens is 331 g/mol. The topological polar surface area (TPSA) is 66.5 Å². The first-order valence-electron chi connectivity index (χ1n) is 7.57. The first-order chi connectivity index (χ1) is 11.4. The van der Waals surface area contributed by atoms with E-state index in [4.69, 9.17) is 0 Å². The molecule has 0 bridgehead atoms. The lowest BCUT2D eigenvalue weighted by molar-refractivity contribution is 0.0981. The van der Waals surface area contributed by atoms with Crippen LogP contribution in [0.2, 0.25) is 0 Å². The van der Waals surface area contributed by atoms with Gasteiger partial charge < -0.3 is 0 Å². The zero-order valence-electron chi connectivity index (χ0n) is 13.1. The summed E-state index contributed by atoms with van der Waals surface area (Å²) in [6, 6.07) is 11.1. The van der Waals surface area contributed by atoms with E-state index in [0.717, 1.165) is 18.1 Å². The summed E-state index contributed by atoms with van der Waals surface area (Å²) >= 11 is 0. The Morgan fingerprint density at radius 1 is 1.21 bits per heavy atom. The van der Waals surface area contributed by atoms with E-state index in [0.29, 0.717) is 24.2 Å². The van der Waals surface area contributed by atoms with Gasteiger partial charge in [-0.1, -0.05) is 24.3 Å². The molecular formula is C17H17FN2O3S. The molecule has 2 aromatic rings. The van der Waals surface area contributed by atoms with Crippen LogP contribution >= 0.6 is 0 Å². The lowest BCUT2D eigenvalue weighted by atomic mass is 10.0. The molecule has 7 heteroatoms. The summed E-state index contributed by atoms with van der Waals surface area (Å²) in [4.78, 5) is 12.2. The van der Waals surface area contributed by atoms with Gasteiger partial charge in [-0.25, -0.2) is 9.11 Å². The molecule has 1 heterocycles. The monoisotopic (exact) mass is 348 g/mol. The lowest BCUT2D eigenvalue weighted by Gasteiger charge is -2.30. The molecule has 1 aliphatic heterocycles. The molecule has 2 aromatic carbocycles. The molecule has 0 saturated carbocycles. The van der Waals surface area contributed by atoms with Crippen molar-refractivity contribution in [1.82, 2.24) is 4.72 Å². The van der Waals surface area contributed by atoms with E-state index in [1.165, 1.54) is 16.4 Å². The summed E-state index contributed by atoms with van der Waals surface area (Å²) in [5, 5.41) is 0. The second kappa shape index (κ2) is 6.24. The minimum Gasteiger partial charge on any atom is -0.268 e. The average Bonchev–Trinajstić information content (AvgIpc) is 2.56. The Balaban J connectivity index is 1.87. The molecule has 1 N–H and O–H groups in total. The molecule has 0 aromatic heterocycles. The third-order valence-electron chi connectivity index (χ3n) is 4.01. The zero-order valence-corrected chi connectivity index (χ0v) is 13.9. The van der Waals surface area contributed by atoms with Gasteiger partial charge in [-0.05, 0) is 49.1 Å². The van der Waals surface area contributed by atoms with Crippen molar-refractivity contribution in [2.75, 3.05) is 10.8 Å². The predicted octanol–water partition coefficient (Wildman–Crippen LogP) is 2.56. The van der Waals surface area contributed by atoms with Crippen molar-refractivity contribution in [2.24, 2.45) is 0 Å². The standard InChI is InChI=1S/C17H17FN2O3S/c1-12-8-9-14(11-15(12)18)17(21)19-24(22,23)20-10-4-6-13-5-2-3-7-16(13)20/h2-3,5,7-9,11H,4,6,10H2,1H3,(H,19,21). The first kappa shape index (κ1) is 16.4. The maximum Gasteiger partial charge on any atom is 0.326 e. The summed E-state index contributed by atoms with van der Waals surface area (Å²) in [5.41, 5.74) is 1.84. The van der Waals surface area contributed by atoms with Gasteiger partial charge in [-0.2, -0.15) is 8.42 Å². The zero-order chi connectivity index (χ0) is 17.3. The van der Waals surface area contributed by atoms with E-state index in [1.54, 1.807) is 19.1 Å². The normalized spacial score (nSPS) is 14.2. The number of fused-ring (bicyclic) bond motifs is 1. The van der Waals surface area contributed by atoms with E-state index >= 15 is 0 Å². The largest absolute Gasteiger partial charge is 0.326 e. The van der Waals surface area contributed by atoms with E-state index in [-0.39, 0.29) is 5.56 Å². The van der Waals surface area contributed by atoms with Crippen LogP contribution in [-0.2, 0) is 16.6 Å². The molecule has 1 amide bonds. The van der Waals surface area contributed by atoms with Crippen LogP contribution < -0.4 is 9.03 Å². The van der Waals surface area contributed by atoms with Crippen molar-refractivity contribution in [3.8, 4) is 0 Å². The Hall–Kier alpha value is -2.41. The summed E-state index contributed by atoms with van der Waals surface area (Å²) in [6.07, 6.45) is 1.46. The fourth-order valence-corrected chi connectivity index (χ4v) is 3.98. The highest BCUT2D eigenvalue weighted by Crippen LogP contribution is 2.28. The van der Waals surface area contributed by atoms with Crippen LogP contribution in [-0.4, -0.2) is 20.9 Å². The van der Waals surface area contributed by atoms with E-state index in [2.05, 4.69) is 0 Å². The SMILES string of the molecule is Cc1ccc(C(=O)NS(=O)(=O)N2CCCc3ccccc32)cc1F. The molecule has 1 aliphatic rings. The van der Waals surface area contributed by atoms with Gasteiger partial charge in [0.1, 0.15) is 5.82 Å². The molecule has 0 aliphatic carbocycles. The highest BCUT2D eigenvalue weighted by molar-refractivity contribution is 7.91. The number of anilines is 1. The van der Waals surface area contributed by atoms with Crippen molar-refractivity contribution in [2.45, 2.75) is 19.8 Å². The molecule has 0 radical (unpaired) electrons. The molecule has 0 unspecified atom stereocenters. The van der Waals surface area contributed by atoms with Crippen LogP contribution in [0.1, 0.15) is 27.9 Å². The van der Waals surface area contributed by atoms with Gasteiger partial charge in [-0.3, -0.25) is 9.10 Å². The number of carbonyl (C=O) groups excluding carboxylic acids is 1. The summed E-state index contributed by atoms with van der Waals surface area (Å²) in [6.45, 7) is 1.86. The average molecular weight is 348 g/mol. The highest BCUT2D eigenvalue weighted by Gasteiger charge is 2.29. The van der Waals surface area contributed by atoms with Gasteiger partial charge in [0.05, 0.1) is 5.69 Å². The van der Waals surface area contributed by atoms with Gasteiger partial charge in [-0.15, -0.1) is 0 Å². The van der Waals surface area contributed by atoms with Crippen LogP contribution in [0.15, 0.2) is 42.5 Å². The summed E-state index contributed by atoms with van der Waals surface area (Å²) in [7, 11) is -4.06. The predicted molar refractivity (Wildman–Crippen MR) is 89.6 cm³/mol. The quantitative estimate of drug-likeness (QED) is 0.927. The number of nitrogens with one attached hydrogen (secondary N) is 1. The second-order valence-electron chi connectivity index (χ2n) is 5.70. The van der Waals surface area contributed by atoms with Crippen molar-refractivity contribution in [3.63, 3.8) is 0 Å². The van der Waals surface area contributed by atoms with Crippen LogP contribution in [0.25, 0.3) is 0 Å². The second-order valence-corrected chi connectivity index (χ2v) is 7.30. The van der Waals surface area contributed by atoms with Crippen LogP contribution in [0.3, 0.4) is 0 Å². The molecule has 126 valence electrons. The number of hydrogen-bond acceptors (Lipinski definition) is 3. The number of hydrogen-bond donors (Lipinski definition) is 1. The van der Waals surface area contributed by atoms with Crippen LogP contribution in [0, 0.1) is 12.7 Å². The van der Waals surface area contributed by atoms with Crippen molar-refractivity contribution in [3.05, 3.63) is 65.0 Å². The van der Waals surface area contributed by atoms with Crippen molar-refractivity contribution < 1.29 is 17.6 Å². The number of aryl methyl sites for hydroxylation is 2. The number of nitrogens with zero attached hydrogens (tertiary/aromatic N) is 1. The minimum absolute atomic E-state index is 0.0352. The van der Waals surface area contributed by atoms with Gasteiger partial charge in [0.2, 0.25) is 0 Å². The Bertz CT molecular complexity index is 896. The molecule has 0 atom stereocenters. The van der Waals surface area contributed by atoms with Gasteiger partial charge >= 0.3 is 10.2 Å². The minimum atomic E-state index is -4.06.